The van der Waals surface area contributed by atoms with Gasteiger partial charge in [-0.1, -0.05) is 11.6 Å². The van der Waals surface area contributed by atoms with Crippen molar-refractivity contribution in [2.24, 2.45) is 0 Å². The highest BCUT2D eigenvalue weighted by molar-refractivity contribution is 6.29. The molecule has 0 saturated carbocycles. The lowest BCUT2D eigenvalue weighted by molar-refractivity contribution is 0.0117. The lowest BCUT2D eigenvalue weighted by Gasteiger charge is -2.22. The number of hydrogen-bond acceptors (Lipinski definition) is 4. The van der Waals surface area contributed by atoms with Crippen LogP contribution in [0.25, 0.3) is 0 Å². The highest BCUT2D eigenvalue weighted by Gasteiger charge is 2.14. The number of nitrogens with one attached hydrogen (secondary N) is 1. The van der Waals surface area contributed by atoms with Crippen LogP contribution in [-0.2, 0) is 4.74 Å². The average Bonchev–Trinajstić information content (AvgIpc) is 2.38. The van der Waals surface area contributed by atoms with Gasteiger partial charge in [-0.05, 0) is 37.8 Å². The van der Waals surface area contributed by atoms with Crippen LogP contribution in [0.4, 0.5) is 5.82 Å². The second-order valence-corrected chi connectivity index (χ2v) is 5.02. The van der Waals surface area contributed by atoms with Crippen molar-refractivity contribution >= 4 is 23.3 Å². The van der Waals surface area contributed by atoms with E-state index in [1.54, 1.807) is 0 Å². The monoisotopic (exact) mass is 283 g/mol. The molecule has 1 aromatic heterocycles. The van der Waals surface area contributed by atoms with Gasteiger partial charge in [-0.2, -0.15) is 0 Å². The molecule has 1 aliphatic heterocycles. The lowest BCUT2D eigenvalue weighted by atomic mass is 10.1. The maximum atomic E-state index is 11.9. The van der Waals surface area contributed by atoms with E-state index in [0.717, 1.165) is 25.9 Å². The van der Waals surface area contributed by atoms with E-state index in [1.807, 2.05) is 0 Å². The van der Waals surface area contributed by atoms with E-state index in [1.165, 1.54) is 18.6 Å². The Kier molecular flexibility index (Phi) is 4.99. The van der Waals surface area contributed by atoms with Gasteiger partial charge in [-0.15, -0.1) is 0 Å². The number of nitrogens with two attached hydrogens (primary N) is 1. The van der Waals surface area contributed by atoms with Gasteiger partial charge in [-0.25, -0.2) is 4.98 Å². The summed E-state index contributed by atoms with van der Waals surface area (Å²) in [5.41, 5.74) is 5.98. The molecule has 2 heterocycles. The first-order valence-electron chi connectivity index (χ1n) is 6.48. The number of pyridine rings is 1. The van der Waals surface area contributed by atoms with E-state index in [0.29, 0.717) is 12.1 Å². The van der Waals surface area contributed by atoms with Crippen molar-refractivity contribution in [3.8, 4) is 0 Å². The Morgan fingerprint density at radius 1 is 1.53 bits per heavy atom. The Balaban J connectivity index is 1.80. The second kappa shape index (κ2) is 6.73. The van der Waals surface area contributed by atoms with E-state index in [9.17, 15) is 4.79 Å². The summed E-state index contributed by atoms with van der Waals surface area (Å²) in [5, 5.41) is 3.06. The number of anilines is 1. The van der Waals surface area contributed by atoms with E-state index >= 15 is 0 Å². The number of nitrogen functional groups attached to an aromatic ring is 1. The molecule has 104 valence electrons. The highest BCUT2D eigenvalue weighted by Crippen LogP contribution is 2.15. The van der Waals surface area contributed by atoms with Crippen LogP contribution in [0.15, 0.2) is 12.1 Å². The molecule has 2 rings (SSSR count). The molecule has 6 heteroatoms. The zero-order chi connectivity index (χ0) is 13.7. The van der Waals surface area contributed by atoms with Gasteiger partial charge < -0.3 is 15.8 Å². The molecular formula is C13H18ClN3O2. The summed E-state index contributed by atoms with van der Waals surface area (Å²) in [5.74, 6) is 0.0556. The number of nitrogens with zero attached hydrogens (tertiary/aromatic N) is 1. The average molecular weight is 284 g/mol. The van der Waals surface area contributed by atoms with Crippen molar-refractivity contribution in [1.82, 2.24) is 10.3 Å². The summed E-state index contributed by atoms with van der Waals surface area (Å²) in [6.07, 6.45) is 4.51. The Labute approximate surface area is 117 Å². The molecule has 0 spiro atoms. The summed E-state index contributed by atoms with van der Waals surface area (Å²) < 4.78 is 5.60. The standard InChI is InChI=1S/C13H18ClN3O2/c14-11-7-9(8-12(15)17-11)13(18)16-5-4-10-3-1-2-6-19-10/h7-8,10H,1-6H2,(H2,15,17)(H,16,18). The fraction of sp³-hybridized carbons (Fsp3) is 0.538. The minimum Gasteiger partial charge on any atom is -0.384 e. The minimum atomic E-state index is -0.188. The fourth-order valence-corrected chi connectivity index (χ4v) is 2.35. The van der Waals surface area contributed by atoms with Crippen LogP contribution in [0.5, 0.6) is 0 Å². The Bertz CT molecular complexity index is 427. The van der Waals surface area contributed by atoms with Crippen LogP contribution in [0.3, 0.4) is 0 Å². The number of aromatic nitrogens is 1. The van der Waals surface area contributed by atoms with Gasteiger partial charge in [-0.3, -0.25) is 4.79 Å². The summed E-state index contributed by atoms with van der Waals surface area (Å²) >= 11 is 5.76. The maximum Gasteiger partial charge on any atom is 0.251 e. The molecule has 0 aromatic carbocycles. The zero-order valence-corrected chi connectivity index (χ0v) is 11.4. The molecule has 1 saturated heterocycles. The van der Waals surface area contributed by atoms with E-state index in [2.05, 4.69) is 10.3 Å². The molecule has 1 amide bonds. The van der Waals surface area contributed by atoms with Crippen molar-refractivity contribution in [3.05, 3.63) is 22.8 Å². The van der Waals surface area contributed by atoms with Crippen LogP contribution >= 0.6 is 11.6 Å². The van der Waals surface area contributed by atoms with Gasteiger partial charge >= 0.3 is 0 Å². The SMILES string of the molecule is Nc1cc(C(=O)NCCC2CCCCO2)cc(Cl)n1. The van der Waals surface area contributed by atoms with Gasteiger partial charge in [0, 0.05) is 18.7 Å². The predicted molar refractivity (Wildman–Crippen MR) is 74.2 cm³/mol. The highest BCUT2D eigenvalue weighted by atomic mass is 35.5. The zero-order valence-electron chi connectivity index (χ0n) is 10.7. The number of ether oxygens (including phenoxy) is 1. The fourth-order valence-electron chi connectivity index (χ4n) is 2.13. The Morgan fingerprint density at radius 3 is 3.05 bits per heavy atom. The lowest BCUT2D eigenvalue weighted by Crippen LogP contribution is -2.29. The van der Waals surface area contributed by atoms with E-state index in [-0.39, 0.29) is 23.0 Å². The topological polar surface area (TPSA) is 77.2 Å². The summed E-state index contributed by atoms with van der Waals surface area (Å²) in [4.78, 5) is 15.7. The second-order valence-electron chi connectivity index (χ2n) is 4.64. The molecule has 5 nitrogen and oxygen atoms in total. The minimum absolute atomic E-state index is 0.188. The molecule has 1 aromatic rings. The molecule has 19 heavy (non-hydrogen) atoms. The third-order valence-electron chi connectivity index (χ3n) is 3.10. The van der Waals surface area contributed by atoms with Crippen molar-refractivity contribution in [2.75, 3.05) is 18.9 Å². The van der Waals surface area contributed by atoms with Crippen LogP contribution in [0.1, 0.15) is 36.0 Å². The van der Waals surface area contributed by atoms with Crippen molar-refractivity contribution in [3.63, 3.8) is 0 Å². The molecule has 1 atom stereocenters. The van der Waals surface area contributed by atoms with Gasteiger partial charge in [0.1, 0.15) is 11.0 Å². The predicted octanol–water partition coefficient (Wildman–Crippen LogP) is 2.01. The van der Waals surface area contributed by atoms with Crippen molar-refractivity contribution in [2.45, 2.75) is 31.8 Å². The molecule has 0 bridgehead atoms. The maximum absolute atomic E-state index is 11.9. The number of amides is 1. The summed E-state index contributed by atoms with van der Waals surface area (Å²) in [6, 6.07) is 3.02. The first kappa shape index (κ1) is 14.1. The molecular weight excluding hydrogens is 266 g/mol. The van der Waals surface area contributed by atoms with Gasteiger partial charge in [0.15, 0.2) is 0 Å². The van der Waals surface area contributed by atoms with E-state index in [4.69, 9.17) is 22.1 Å². The number of rotatable bonds is 4. The number of hydrogen-bond donors (Lipinski definition) is 2. The Morgan fingerprint density at radius 2 is 2.37 bits per heavy atom. The first-order chi connectivity index (χ1) is 9.15. The first-order valence-corrected chi connectivity index (χ1v) is 6.86. The number of carbonyl (C=O) groups excluding carboxylic acids is 1. The molecule has 0 radical (unpaired) electrons. The molecule has 1 unspecified atom stereocenters. The number of carbonyl (C=O) groups is 1. The number of halogens is 1. The largest absolute Gasteiger partial charge is 0.384 e. The summed E-state index contributed by atoms with van der Waals surface area (Å²) in [7, 11) is 0. The Hall–Kier alpha value is -1.33. The van der Waals surface area contributed by atoms with Crippen LogP contribution < -0.4 is 11.1 Å². The normalized spacial score (nSPS) is 19.1. The quantitative estimate of drug-likeness (QED) is 0.829. The van der Waals surface area contributed by atoms with Gasteiger partial charge in [0.25, 0.3) is 5.91 Å². The molecule has 0 aliphatic carbocycles. The van der Waals surface area contributed by atoms with Gasteiger partial charge in [0.2, 0.25) is 0 Å². The third kappa shape index (κ3) is 4.36. The molecule has 3 N–H and O–H groups in total. The molecule has 1 aliphatic rings. The third-order valence-corrected chi connectivity index (χ3v) is 3.30. The van der Waals surface area contributed by atoms with Gasteiger partial charge in [0.05, 0.1) is 6.10 Å². The van der Waals surface area contributed by atoms with Crippen LogP contribution in [0, 0.1) is 0 Å². The summed E-state index contributed by atoms with van der Waals surface area (Å²) in [6.45, 7) is 1.42. The van der Waals surface area contributed by atoms with Crippen LogP contribution in [-0.4, -0.2) is 30.1 Å². The van der Waals surface area contributed by atoms with E-state index < -0.39 is 0 Å². The smallest absolute Gasteiger partial charge is 0.251 e. The van der Waals surface area contributed by atoms with Crippen molar-refractivity contribution in [1.29, 1.82) is 0 Å². The van der Waals surface area contributed by atoms with Crippen molar-refractivity contribution < 1.29 is 9.53 Å². The van der Waals surface area contributed by atoms with Crippen LogP contribution in [0.2, 0.25) is 5.15 Å². The molecule has 1 fully saturated rings.